The number of carbonyl (C=O) groups excluding carboxylic acids is 1. The van der Waals surface area contributed by atoms with E-state index in [4.69, 9.17) is 9.57 Å². The summed E-state index contributed by atoms with van der Waals surface area (Å²) in [6, 6.07) is 13.9. The first-order valence-electron chi connectivity index (χ1n) is 10.4. The molecular weight excluding hydrogens is 425 g/mol. The molecule has 8 nitrogen and oxygen atoms in total. The Morgan fingerprint density at radius 1 is 1.18 bits per heavy atom. The minimum atomic E-state index is -0.393. The maximum atomic E-state index is 13.2. The molecule has 9 heteroatoms. The van der Waals surface area contributed by atoms with Gasteiger partial charge in [-0.25, -0.2) is 9.37 Å². The third-order valence-electron chi connectivity index (χ3n) is 5.21. The van der Waals surface area contributed by atoms with Crippen LogP contribution in [-0.2, 0) is 4.84 Å². The van der Waals surface area contributed by atoms with E-state index in [1.54, 1.807) is 41.2 Å². The molecule has 0 saturated carbocycles. The van der Waals surface area contributed by atoms with E-state index in [0.29, 0.717) is 23.4 Å². The van der Waals surface area contributed by atoms with Gasteiger partial charge in [0, 0.05) is 30.6 Å². The number of ether oxygens (including phenoxy) is 1. The number of hydrogen-bond donors (Lipinski definition) is 1. The third-order valence-corrected chi connectivity index (χ3v) is 5.21. The van der Waals surface area contributed by atoms with Crippen LogP contribution in [0.15, 0.2) is 78.5 Å². The van der Waals surface area contributed by atoms with Gasteiger partial charge in [-0.15, -0.1) is 0 Å². The molecule has 0 fully saturated rings. The Morgan fingerprint density at radius 3 is 2.97 bits per heavy atom. The maximum absolute atomic E-state index is 13.2. The average Bonchev–Trinajstić information content (AvgIpc) is 3.51. The number of carbonyl (C=O) groups is 1. The van der Waals surface area contributed by atoms with Crippen LogP contribution in [0, 0.1) is 5.82 Å². The van der Waals surface area contributed by atoms with Crippen LogP contribution >= 0.6 is 0 Å². The Morgan fingerprint density at radius 2 is 2.09 bits per heavy atom. The summed E-state index contributed by atoms with van der Waals surface area (Å²) in [5, 5.41) is 6.94. The molecule has 33 heavy (non-hydrogen) atoms. The second-order valence-electron chi connectivity index (χ2n) is 7.55. The summed E-state index contributed by atoms with van der Waals surface area (Å²) in [7, 11) is 0. The molecule has 1 amide bonds. The number of hydrogen-bond acceptors (Lipinski definition) is 6. The van der Waals surface area contributed by atoms with Crippen molar-refractivity contribution in [3.8, 4) is 17.0 Å². The van der Waals surface area contributed by atoms with Crippen LogP contribution in [0.25, 0.3) is 16.9 Å². The molecule has 0 radical (unpaired) electrons. The van der Waals surface area contributed by atoms with Crippen molar-refractivity contribution in [2.75, 3.05) is 13.2 Å². The van der Waals surface area contributed by atoms with Gasteiger partial charge in [0.1, 0.15) is 23.8 Å². The van der Waals surface area contributed by atoms with Gasteiger partial charge < -0.3 is 19.3 Å². The van der Waals surface area contributed by atoms with Crippen molar-refractivity contribution in [3.05, 3.63) is 84.7 Å². The van der Waals surface area contributed by atoms with E-state index >= 15 is 0 Å². The molecule has 4 aromatic rings. The molecule has 5 rings (SSSR count). The molecule has 1 unspecified atom stereocenters. The summed E-state index contributed by atoms with van der Waals surface area (Å²) >= 11 is 0. The van der Waals surface area contributed by atoms with E-state index in [1.165, 1.54) is 12.3 Å². The Bertz CT molecular complexity index is 1320. The number of nitrogens with one attached hydrogen (secondary N) is 1. The Balaban J connectivity index is 1.14. The van der Waals surface area contributed by atoms with Crippen molar-refractivity contribution in [3.63, 3.8) is 0 Å². The van der Waals surface area contributed by atoms with Gasteiger partial charge in [0.2, 0.25) is 0 Å². The molecule has 3 aromatic heterocycles. The van der Waals surface area contributed by atoms with Crippen molar-refractivity contribution in [1.29, 1.82) is 0 Å². The molecule has 0 bridgehead atoms. The predicted octanol–water partition coefficient (Wildman–Crippen LogP) is 3.49. The van der Waals surface area contributed by atoms with E-state index in [1.807, 2.05) is 24.3 Å². The second kappa shape index (κ2) is 9.07. The fourth-order valence-corrected chi connectivity index (χ4v) is 3.54. The summed E-state index contributed by atoms with van der Waals surface area (Å²) < 4.78 is 20.9. The number of pyridine rings is 2. The number of para-hydroxylation sites is 1. The number of aromatic nitrogens is 3. The highest BCUT2D eigenvalue weighted by Crippen LogP contribution is 2.29. The van der Waals surface area contributed by atoms with Crippen molar-refractivity contribution < 1.29 is 18.8 Å². The number of oxime groups is 1. The monoisotopic (exact) mass is 445 g/mol. The normalized spacial score (nSPS) is 15.2. The van der Waals surface area contributed by atoms with Crippen LogP contribution in [0.5, 0.6) is 5.75 Å². The van der Waals surface area contributed by atoms with Crippen LogP contribution < -0.4 is 10.1 Å². The van der Waals surface area contributed by atoms with E-state index < -0.39 is 5.82 Å². The van der Waals surface area contributed by atoms with Crippen molar-refractivity contribution in [2.45, 2.75) is 12.5 Å². The van der Waals surface area contributed by atoms with E-state index in [0.717, 1.165) is 16.9 Å². The highest BCUT2D eigenvalue weighted by molar-refractivity contribution is 5.98. The lowest BCUT2D eigenvalue weighted by molar-refractivity contribution is 0.0472. The molecule has 1 atom stereocenters. The highest BCUT2D eigenvalue weighted by atomic mass is 19.1. The van der Waals surface area contributed by atoms with Crippen molar-refractivity contribution >= 4 is 17.3 Å². The lowest BCUT2D eigenvalue weighted by atomic mass is 10.1. The number of fused-ring (bicyclic) bond motifs is 1. The topological polar surface area (TPSA) is 90.1 Å². The number of nitrogens with zero attached hydrogens (tertiary/aromatic N) is 4. The minimum absolute atomic E-state index is 0.200. The Kier molecular flexibility index (Phi) is 5.67. The molecule has 1 N–H and O–H groups in total. The van der Waals surface area contributed by atoms with Gasteiger partial charge in [0.05, 0.1) is 29.7 Å². The quantitative estimate of drug-likeness (QED) is 0.470. The lowest BCUT2D eigenvalue weighted by Crippen LogP contribution is -2.30. The van der Waals surface area contributed by atoms with Crippen LogP contribution in [0.1, 0.15) is 16.8 Å². The maximum Gasteiger partial charge on any atom is 0.253 e. The number of benzene rings is 1. The summed E-state index contributed by atoms with van der Waals surface area (Å²) in [4.78, 5) is 26.2. The van der Waals surface area contributed by atoms with E-state index in [-0.39, 0.29) is 25.2 Å². The zero-order valence-electron chi connectivity index (χ0n) is 17.5. The van der Waals surface area contributed by atoms with E-state index in [2.05, 4.69) is 20.4 Å². The minimum Gasteiger partial charge on any atom is -0.489 e. The first-order valence-corrected chi connectivity index (χ1v) is 10.4. The van der Waals surface area contributed by atoms with Gasteiger partial charge in [-0.1, -0.05) is 17.3 Å². The molecule has 1 aromatic carbocycles. The predicted molar refractivity (Wildman–Crippen MR) is 120 cm³/mol. The fraction of sp³-hybridized carbons (Fsp3) is 0.167. The van der Waals surface area contributed by atoms with Crippen LogP contribution in [0.4, 0.5) is 4.39 Å². The summed E-state index contributed by atoms with van der Waals surface area (Å²) in [5.74, 6) is 0.0288. The highest BCUT2D eigenvalue weighted by Gasteiger charge is 2.23. The van der Waals surface area contributed by atoms with Gasteiger partial charge >= 0.3 is 0 Å². The SMILES string of the molecule is O=C(NCC1=NOC(COc2ccccc2-c2ccc(F)cn2)C1)c1ccc2nccn2c1. The first-order chi connectivity index (χ1) is 16.2. The standard InChI is InChI=1S/C24H20FN5O3/c25-17-6-7-21(27-12-17)20-3-1-2-4-22(20)32-15-19-11-18(29-33-19)13-28-24(31)16-5-8-23-26-9-10-30(23)14-16/h1-10,12,14,19H,11,13,15H2,(H,28,31). The smallest absolute Gasteiger partial charge is 0.253 e. The summed E-state index contributed by atoms with van der Waals surface area (Å²) in [5.41, 5.74) is 3.42. The van der Waals surface area contributed by atoms with Crippen LogP contribution in [0.3, 0.4) is 0 Å². The average molecular weight is 445 g/mol. The van der Waals surface area contributed by atoms with E-state index in [9.17, 15) is 9.18 Å². The van der Waals surface area contributed by atoms with Crippen molar-refractivity contribution in [2.24, 2.45) is 5.16 Å². The van der Waals surface area contributed by atoms with Gasteiger partial charge in [0.15, 0.2) is 6.10 Å². The number of halogens is 1. The number of imidazole rings is 1. The van der Waals surface area contributed by atoms with Gasteiger partial charge in [-0.3, -0.25) is 9.78 Å². The Hall–Kier alpha value is -4.27. The number of rotatable bonds is 7. The van der Waals surface area contributed by atoms with Gasteiger partial charge in [0.25, 0.3) is 5.91 Å². The molecule has 166 valence electrons. The Labute approximate surface area is 188 Å². The van der Waals surface area contributed by atoms with Crippen LogP contribution in [-0.4, -0.2) is 45.2 Å². The molecular formula is C24H20FN5O3. The molecule has 1 aliphatic rings. The zero-order chi connectivity index (χ0) is 22.6. The summed E-state index contributed by atoms with van der Waals surface area (Å²) in [6.07, 6.45) is 6.64. The number of amides is 1. The fourth-order valence-electron chi connectivity index (χ4n) is 3.54. The van der Waals surface area contributed by atoms with Gasteiger partial charge in [-0.2, -0.15) is 0 Å². The largest absolute Gasteiger partial charge is 0.489 e. The van der Waals surface area contributed by atoms with Gasteiger partial charge in [-0.05, 0) is 36.4 Å². The second-order valence-corrected chi connectivity index (χ2v) is 7.55. The lowest BCUT2D eigenvalue weighted by Gasteiger charge is -2.13. The zero-order valence-corrected chi connectivity index (χ0v) is 17.5. The molecule has 1 aliphatic heterocycles. The molecule has 0 aliphatic carbocycles. The molecule has 0 saturated heterocycles. The molecule has 0 spiro atoms. The first kappa shape index (κ1) is 20.6. The van der Waals surface area contributed by atoms with Crippen LogP contribution in [0.2, 0.25) is 0 Å². The molecule has 4 heterocycles. The third kappa shape index (κ3) is 4.67. The summed E-state index contributed by atoms with van der Waals surface area (Å²) in [6.45, 7) is 0.559. The van der Waals surface area contributed by atoms with Crippen molar-refractivity contribution in [1.82, 2.24) is 19.7 Å².